The van der Waals surface area contributed by atoms with Gasteiger partial charge in [-0.05, 0) is 76.3 Å². The molecule has 0 saturated heterocycles. The molecular weight excluding hydrogens is 757 g/mol. The average Bonchev–Trinajstić information content (AvgIpc) is 3.91. The van der Waals surface area contributed by atoms with E-state index in [9.17, 15) is 0 Å². The van der Waals surface area contributed by atoms with Crippen LogP contribution in [0.5, 0.6) is 0 Å². The second-order valence-electron chi connectivity index (χ2n) is 15.6. The minimum atomic E-state index is 0.569. The molecule has 12 rings (SSSR count). The molecule has 9 aromatic carbocycles. The maximum atomic E-state index is 7.12. The van der Waals surface area contributed by atoms with E-state index in [4.69, 9.17) is 19.4 Å². The van der Waals surface area contributed by atoms with Gasteiger partial charge in [-0.15, -0.1) is 0 Å². The molecule has 12 aromatic rings. The molecule has 0 aliphatic carbocycles. The first kappa shape index (κ1) is 35.5. The maximum Gasteiger partial charge on any atom is 0.164 e. The molecule has 0 N–H and O–H groups in total. The fraction of sp³-hybridized carbons (Fsp3) is 0. The highest BCUT2D eigenvalue weighted by atomic mass is 16.3. The molecule has 0 amide bonds. The predicted octanol–water partition coefficient (Wildman–Crippen LogP) is 14.9. The van der Waals surface area contributed by atoms with Gasteiger partial charge in [0.2, 0.25) is 0 Å². The van der Waals surface area contributed by atoms with Crippen molar-refractivity contribution in [3.63, 3.8) is 0 Å². The summed E-state index contributed by atoms with van der Waals surface area (Å²) in [5, 5.41) is 4.47. The first-order valence-electron chi connectivity index (χ1n) is 20.8. The summed E-state index contributed by atoms with van der Waals surface area (Å²) in [7, 11) is 0. The van der Waals surface area contributed by atoms with Gasteiger partial charge in [0.25, 0.3) is 0 Å². The van der Waals surface area contributed by atoms with Crippen LogP contribution in [0.1, 0.15) is 0 Å². The van der Waals surface area contributed by atoms with E-state index in [1.165, 1.54) is 16.3 Å². The van der Waals surface area contributed by atoms with Crippen molar-refractivity contribution in [1.29, 1.82) is 0 Å². The topological polar surface area (TPSA) is 56.7 Å². The number of furan rings is 1. The van der Waals surface area contributed by atoms with E-state index in [1.807, 2.05) is 36.4 Å². The molecule has 0 bridgehead atoms. The van der Waals surface area contributed by atoms with Gasteiger partial charge in [-0.2, -0.15) is 0 Å². The van der Waals surface area contributed by atoms with E-state index in [-0.39, 0.29) is 0 Å². The van der Waals surface area contributed by atoms with Crippen molar-refractivity contribution >= 4 is 43.7 Å². The van der Waals surface area contributed by atoms with Gasteiger partial charge in [-0.25, -0.2) is 15.0 Å². The minimum absolute atomic E-state index is 0.569. The lowest BCUT2D eigenvalue weighted by molar-refractivity contribution is 0.670. The van der Waals surface area contributed by atoms with Crippen molar-refractivity contribution in [3.05, 3.63) is 218 Å². The largest absolute Gasteiger partial charge is 0.455 e. The second-order valence-corrected chi connectivity index (χ2v) is 15.6. The molecule has 0 atom stereocenters. The van der Waals surface area contributed by atoms with Crippen LogP contribution in [0.4, 0.5) is 0 Å². The van der Waals surface area contributed by atoms with Crippen molar-refractivity contribution in [3.8, 4) is 73.2 Å². The minimum Gasteiger partial charge on any atom is -0.455 e. The summed E-state index contributed by atoms with van der Waals surface area (Å²) in [6.45, 7) is 0. The van der Waals surface area contributed by atoms with Crippen molar-refractivity contribution in [2.45, 2.75) is 0 Å². The summed E-state index contributed by atoms with van der Waals surface area (Å²) in [4.78, 5) is 15.3. The van der Waals surface area contributed by atoms with E-state index < -0.39 is 0 Å². The van der Waals surface area contributed by atoms with Gasteiger partial charge in [0.05, 0.1) is 22.1 Å². The average molecular weight is 793 g/mol. The highest BCUT2D eigenvalue weighted by Crippen LogP contribution is 2.44. The Morgan fingerprint density at radius 3 is 1.40 bits per heavy atom. The van der Waals surface area contributed by atoms with E-state index in [0.717, 1.165) is 83.2 Å². The van der Waals surface area contributed by atoms with Crippen LogP contribution in [0.3, 0.4) is 0 Å². The zero-order valence-electron chi connectivity index (χ0n) is 33.5. The number of rotatable bonds is 7. The van der Waals surface area contributed by atoms with E-state index >= 15 is 0 Å². The Labute approximate surface area is 357 Å². The fourth-order valence-corrected chi connectivity index (χ4v) is 8.91. The van der Waals surface area contributed by atoms with Crippen LogP contribution in [-0.4, -0.2) is 19.5 Å². The van der Waals surface area contributed by atoms with Gasteiger partial charge >= 0.3 is 0 Å². The number of para-hydroxylation sites is 2. The molecule has 0 radical (unpaired) electrons. The summed E-state index contributed by atoms with van der Waals surface area (Å²) in [6.07, 6.45) is 0. The molecule has 0 spiro atoms. The lowest BCUT2D eigenvalue weighted by Crippen LogP contribution is -2.00. The number of nitrogens with zero attached hydrogens (tertiary/aromatic N) is 4. The zero-order valence-corrected chi connectivity index (χ0v) is 33.5. The number of fused-ring (bicyclic) bond motifs is 6. The monoisotopic (exact) mass is 792 g/mol. The van der Waals surface area contributed by atoms with Gasteiger partial charge in [0.1, 0.15) is 11.2 Å². The first-order valence-corrected chi connectivity index (χ1v) is 20.8. The van der Waals surface area contributed by atoms with Gasteiger partial charge in [-0.3, -0.25) is 0 Å². The van der Waals surface area contributed by atoms with Crippen LogP contribution in [0, 0.1) is 0 Å². The van der Waals surface area contributed by atoms with E-state index in [0.29, 0.717) is 17.5 Å². The molecule has 3 heterocycles. The van der Waals surface area contributed by atoms with Crippen LogP contribution in [0.2, 0.25) is 0 Å². The normalized spacial score (nSPS) is 11.5. The summed E-state index contributed by atoms with van der Waals surface area (Å²) >= 11 is 0. The molecule has 0 unspecified atom stereocenters. The molecule has 5 nitrogen and oxygen atoms in total. The van der Waals surface area contributed by atoms with Crippen LogP contribution >= 0.6 is 0 Å². The summed E-state index contributed by atoms with van der Waals surface area (Å²) in [5.41, 5.74) is 14.2. The lowest BCUT2D eigenvalue weighted by atomic mass is 9.97. The van der Waals surface area contributed by atoms with Crippen LogP contribution in [-0.2, 0) is 0 Å². The molecule has 3 aromatic heterocycles. The Hall–Kier alpha value is -8.41. The van der Waals surface area contributed by atoms with Gasteiger partial charge < -0.3 is 8.98 Å². The number of hydrogen-bond acceptors (Lipinski definition) is 4. The molecule has 290 valence electrons. The molecule has 0 fully saturated rings. The Balaban J connectivity index is 1.08. The van der Waals surface area contributed by atoms with Crippen LogP contribution in [0.15, 0.2) is 223 Å². The molecular formula is C57H36N4O. The SMILES string of the molecule is c1ccc(-c2cccc(-c3nc(-c4ccccc4)nc(-c4ccc5c(c4)oc4c(-c6cccc(-c7ccccc7)c6)ccc(-n6c7ccccc7c7ccccc76)c45)n3)c2)cc1. The maximum absolute atomic E-state index is 7.12. The standard InChI is InChI=1S/C57H36N4O/c1-4-16-37(17-5-1)40-22-14-24-42(34-40)45-32-33-51(61-49-28-12-10-26-46(49)47-27-11-13-29-50(47)61)53-48-31-30-44(36-52(48)62-54(45)53)57-59-55(39-20-8-3-9-21-39)58-56(60-57)43-25-15-23-41(35-43)38-18-6-2-7-19-38/h1-36H. The highest BCUT2D eigenvalue weighted by molar-refractivity contribution is 6.17. The predicted molar refractivity (Wildman–Crippen MR) is 254 cm³/mol. The Kier molecular flexibility index (Phi) is 8.42. The third-order valence-corrected chi connectivity index (χ3v) is 11.9. The van der Waals surface area contributed by atoms with E-state index in [1.54, 1.807) is 0 Å². The van der Waals surface area contributed by atoms with Gasteiger partial charge in [0.15, 0.2) is 17.5 Å². The highest BCUT2D eigenvalue weighted by Gasteiger charge is 2.22. The Morgan fingerprint density at radius 2 is 0.790 bits per heavy atom. The number of benzene rings is 9. The van der Waals surface area contributed by atoms with Crippen molar-refractivity contribution in [2.24, 2.45) is 0 Å². The first-order chi connectivity index (χ1) is 30.7. The van der Waals surface area contributed by atoms with E-state index in [2.05, 4.69) is 187 Å². The second kappa shape index (κ2) is 14.7. The smallest absolute Gasteiger partial charge is 0.164 e. The molecule has 0 saturated carbocycles. The summed E-state index contributed by atoms with van der Waals surface area (Å²) < 4.78 is 9.50. The third kappa shape index (κ3) is 6.06. The lowest BCUT2D eigenvalue weighted by Gasteiger charge is -2.13. The van der Waals surface area contributed by atoms with Gasteiger partial charge in [0, 0.05) is 38.4 Å². The molecule has 0 aliphatic rings. The van der Waals surface area contributed by atoms with Crippen molar-refractivity contribution < 1.29 is 4.42 Å². The van der Waals surface area contributed by atoms with Gasteiger partial charge in [-0.1, -0.05) is 170 Å². The Bertz CT molecular complexity index is 3580. The third-order valence-electron chi connectivity index (χ3n) is 11.9. The summed E-state index contributed by atoms with van der Waals surface area (Å²) in [6, 6.07) is 76.2. The molecule has 62 heavy (non-hydrogen) atoms. The Morgan fingerprint density at radius 1 is 0.323 bits per heavy atom. The molecule has 0 aliphatic heterocycles. The fourth-order valence-electron chi connectivity index (χ4n) is 8.91. The van der Waals surface area contributed by atoms with Crippen molar-refractivity contribution in [2.75, 3.05) is 0 Å². The molecule has 5 heteroatoms. The number of hydrogen-bond donors (Lipinski definition) is 0. The van der Waals surface area contributed by atoms with Crippen LogP contribution in [0.25, 0.3) is 117 Å². The quantitative estimate of drug-likeness (QED) is 0.161. The summed E-state index contributed by atoms with van der Waals surface area (Å²) in [5.74, 6) is 1.78. The number of aromatic nitrogens is 4. The van der Waals surface area contributed by atoms with Crippen LogP contribution < -0.4 is 0 Å². The zero-order chi connectivity index (χ0) is 41.0. The van der Waals surface area contributed by atoms with Crippen molar-refractivity contribution in [1.82, 2.24) is 19.5 Å².